The Morgan fingerprint density at radius 2 is 2.04 bits per heavy atom. The number of rotatable bonds is 4. The van der Waals surface area contributed by atoms with Gasteiger partial charge in [-0.1, -0.05) is 46.2 Å². The van der Waals surface area contributed by atoms with E-state index in [4.69, 9.17) is 11.6 Å². The number of aromatic nitrogens is 3. The van der Waals surface area contributed by atoms with Crippen molar-refractivity contribution in [2.24, 2.45) is 5.41 Å². The first-order valence-electron chi connectivity index (χ1n) is 7.94. The number of nitriles is 1. The maximum atomic E-state index is 9.24. The molecule has 124 valence electrons. The van der Waals surface area contributed by atoms with E-state index in [0.717, 1.165) is 17.8 Å². The summed E-state index contributed by atoms with van der Waals surface area (Å²) in [5.41, 5.74) is 1.94. The van der Waals surface area contributed by atoms with E-state index in [-0.39, 0.29) is 17.4 Å². The predicted octanol–water partition coefficient (Wildman–Crippen LogP) is 4.61. The van der Waals surface area contributed by atoms with Crippen LogP contribution in [0.25, 0.3) is 5.65 Å². The van der Waals surface area contributed by atoms with E-state index < -0.39 is 0 Å². The number of nitrogens with zero attached hydrogens (tertiary/aromatic N) is 4. The van der Waals surface area contributed by atoms with Crippen LogP contribution in [0.1, 0.15) is 65.0 Å². The molecule has 6 heteroatoms. The Hall–Kier alpha value is -1.80. The average molecular weight is 334 g/mol. The summed E-state index contributed by atoms with van der Waals surface area (Å²) in [7, 11) is 0. The molecule has 0 amide bonds. The van der Waals surface area contributed by atoms with Gasteiger partial charge >= 0.3 is 0 Å². The van der Waals surface area contributed by atoms with Crippen LogP contribution in [0.4, 0.5) is 5.82 Å². The maximum Gasteiger partial charge on any atom is 0.176 e. The molecule has 1 N–H and O–H groups in total. The van der Waals surface area contributed by atoms with Gasteiger partial charge in [0.05, 0.1) is 6.20 Å². The molecule has 0 bridgehead atoms. The standard InChI is InChI=1S/C17H24ClN5/c1-7-10(2)13-14(18)22-15-12(8-19)9-20-23(15)16(13)21-11(3)17(4,5)6/h9-11,21H,7H2,1-6H3/t10?,11-/m0/s1. The molecule has 5 nitrogen and oxygen atoms in total. The summed E-state index contributed by atoms with van der Waals surface area (Å²) in [4.78, 5) is 4.41. The van der Waals surface area contributed by atoms with Gasteiger partial charge in [0, 0.05) is 11.6 Å². The first kappa shape index (κ1) is 17.6. The lowest BCUT2D eigenvalue weighted by Crippen LogP contribution is -2.32. The molecule has 0 fully saturated rings. The van der Waals surface area contributed by atoms with E-state index in [2.05, 4.69) is 63.0 Å². The summed E-state index contributed by atoms with van der Waals surface area (Å²) in [5.74, 6) is 1.07. The third-order valence-electron chi connectivity index (χ3n) is 4.51. The molecule has 0 spiro atoms. The molecule has 0 saturated carbocycles. The summed E-state index contributed by atoms with van der Waals surface area (Å²) >= 11 is 6.46. The minimum absolute atomic E-state index is 0.0694. The Morgan fingerprint density at radius 1 is 1.39 bits per heavy atom. The minimum Gasteiger partial charge on any atom is -0.367 e. The van der Waals surface area contributed by atoms with Crippen molar-refractivity contribution in [2.75, 3.05) is 5.32 Å². The highest BCUT2D eigenvalue weighted by atomic mass is 35.5. The van der Waals surface area contributed by atoms with Crippen LogP contribution in [-0.4, -0.2) is 20.6 Å². The zero-order valence-corrected chi connectivity index (χ0v) is 15.4. The summed E-state index contributed by atoms with van der Waals surface area (Å²) in [6.07, 6.45) is 2.48. The second kappa shape index (κ2) is 6.37. The minimum atomic E-state index is 0.0694. The zero-order valence-electron chi connectivity index (χ0n) is 14.6. The molecule has 2 rings (SSSR count). The van der Waals surface area contributed by atoms with Crippen molar-refractivity contribution in [1.82, 2.24) is 14.6 Å². The second-order valence-electron chi connectivity index (χ2n) is 7.11. The van der Waals surface area contributed by atoms with Crippen LogP contribution in [0.3, 0.4) is 0 Å². The quantitative estimate of drug-likeness (QED) is 0.829. The summed E-state index contributed by atoms with van der Waals surface area (Å²) in [6.45, 7) is 12.9. The maximum absolute atomic E-state index is 9.24. The fourth-order valence-corrected chi connectivity index (χ4v) is 2.61. The second-order valence-corrected chi connectivity index (χ2v) is 7.47. The molecule has 0 aliphatic carbocycles. The molecule has 2 aromatic rings. The topological polar surface area (TPSA) is 66.0 Å². The molecular formula is C17H24ClN5. The fraction of sp³-hybridized carbons (Fsp3) is 0.588. The van der Waals surface area contributed by atoms with Crippen molar-refractivity contribution in [3.05, 3.63) is 22.5 Å². The van der Waals surface area contributed by atoms with E-state index in [0.29, 0.717) is 16.4 Å². The molecule has 0 aliphatic heterocycles. The van der Waals surface area contributed by atoms with E-state index in [1.807, 2.05) is 0 Å². The molecule has 23 heavy (non-hydrogen) atoms. The SMILES string of the molecule is CCC(C)c1c(Cl)nc2c(C#N)cnn2c1N[C@@H](C)C(C)(C)C. The lowest BCUT2D eigenvalue weighted by molar-refractivity contribution is 0.358. The Morgan fingerprint density at radius 3 is 2.57 bits per heavy atom. The van der Waals surface area contributed by atoms with E-state index in [1.54, 1.807) is 4.52 Å². The molecule has 2 heterocycles. The van der Waals surface area contributed by atoms with Gasteiger partial charge in [-0.05, 0) is 24.7 Å². The molecule has 2 atom stereocenters. The molecule has 0 aromatic carbocycles. The highest BCUT2D eigenvalue weighted by Gasteiger charge is 2.26. The lowest BCUT2D eigenvalue weighted by atomic mass is 9.88. The van der Waals surface area contributed by atoms with Crippen molar-refractivity contribution < 1.29 is 0 Å². The van der Waals surface area contributed by atoms with Crippen LogP contribution in [0.5, 0.6) is 0 Å². The highest BCUT2D eigenvalue weighted by molar-refractivity contribution is 6.30. The van der Waals surface area contributed by atoms with Gasteiger partial charge in [0.25, 0.3) is 0 Å². The zero-order chi connectivity index (χ0) is 17.4. The van der Waals surface area contributed by atoms with Gasteiger partial charge in [-0.15, -0.1) is 0 Å². The number of halogens is 1. The Labute approximate surface area is 142 Å². The van der Waals surface area contributed by atoms with Crippen LogP contribution in [-0.2, 0) is 0 Å². The first-order chi connectivity index (χ1) is 10.7. The highest BCUT2D eigenvalue weighted by Crippen LogP contribution is 2.35. The number of hydrogen-bond donors (Lipinski definition) is 1. The molecule has 0 radical (unpaired) electrons. The van der Waals surface area contributed by atoms with E-state index in [9.17, 15) is 5.26 Å². The van der Waals surface area contributed by atoms with Crippen molar-refractivity contribution >= 4 is 23.1 Å². The van der Waals surface area contributed by atoms with E-state index in [1.165, 1.54) is 6.20 Å². The smallest absolute Gasteiger partial charge is 0.176 e. The summed E-state index contributed by atoms with van der Waals surface area (Å²) < 4.78 is 1.70. The number of anilines is 1. The van der Waals surface area contributed by atoms with Gasteiger partial charge in [-0.3, -0.25) is 0 Å². The van der Waals surface area contributed by atoms with Gasteiger partial charge < -0.3 is 5.32 Å². The largest absolute Gasteiger partial charge is 0.367 e. The number of nitrogens with one attached hydrogen (secondary N) is 1. The van der Waals surface area contributed by atoms with Crippen LogP contribution >= 0.6 is 11.6 Å². The third kappa shape index (κ3) is 3.28. The molecule has 1 unspecified atom stereocenters. The molecular weight excluding hydrogens is 310 g/mol. The van der Waals surface area contributed by atoms with Crippen molar-refractivity contribution in [1.29, 1.82) is 5.26 Å². The number of fused-ring (bicyclic) bond motifs is 1. The van der Waals surface area contributed by atoms with Gasteiger partial charge in [0.1, 0.15) is 22.6 Å². The average Bonchev–Trinajstić information content (AvgIpc) is 2.88. The Bertz CT molecular complexity index is 751. The van der Waals surface area contributed by atoms with Gasteiger partial charge in [0.15, 0.2) is 5.65 Å². The lowest BCUT2D eigenvalue weighted by Gasteiger charge is -2.30. The normalized spacial score (nSPS) is 14.5. The molecule has 0 aliphatic rings. The van der Waals surface area contributed by atoms with Crippen LogP contribution < -0.4 is 5.32 Å². The molecule has 0 saturated heterocycles. The van der Waals surface area contributed by atoms with Crippen LogP contribution in [0.2, 0.25) is 5.15 Å². The van der Waals surface area contributed by atoms with Crippen molar-refractivity contribution in [3.63, 3.8) is 0 Å². The van der Waals surface area contributed by atoms with Crippen LogP contribution in [0.15, 0.2) is 6.20 Å². The van der Waals surface area contributed by atoms with Gasteiger partial charge in [-0.2, -0.15) is 14.9 Å². The Kier molecular flexibility index (Phi) is 4.86. The third-order valence-corrected chi connectivity index (χ3v) is 4.80. The first-order valence-corrected chi connectivity index (χ1v) is 8.32. The van der Waals surface area contributed by atoms with Crippen LogP contribution in [0, 0.1) is 16.7 Å². The Balaban J connectivity index is 2.71. The summed E-state index contributed by atoms with van der Waals surface area (Å²) in [6, 6.07) is 2.31. The van der Waals surface area contributed by atoms with Gasteiger partial charge in [-0.25, -0.2) is 4.98 Å². The van der Waals surface area contributed by atoms with Crippen molar-refractivity contribution in [3.8, 4) is 6.07 Å². The van der Waals surface area contributed by atoms with E-state index >= 15 is 0 Å². The predicted molar refractivity (Wildman–Crippen MR) is 94.0 cm³/mol. The van der Waals surface area contributed by atoms with Gasteiger partial charge in [0.2, 0.25) is 0 Å². The molecule has 2 aromatic heterocycles. The number of hydrogen-bond acceptors (Lipinski definition) is 4. The monoisotopic (exact) mass is 333 g/mol. The van der Waals surface area contributed by atoms with Crippen molar-refractivity contribution in [2.45, 2.75) is 59.9 Å². The fourth-order valence-electron chi connectivity index (χ4n) is 2.26. The summed E-state index contributed by atoms with van der Waals surface area (Å²) in [5, 5.41) is 17.6.